The van der Waals surface area contributed by atoms with Crippen LogP contribution in [0.2, 0.25) is 5.02 Å². The van der Waals surface area contributed by atoms with E-state index in [0.717, 1.165) is 12.7 Å². The average Bonchev–Trinajstić information content (AvgIpc) is 2.73. The van der Waals surface area contributed by atoms with Gasteiger partial charge in [0.1, 0.15) is 0 Å². The number of hydrogen-bond acceptors (Lipinski definition) is 4. The Morgan fingerprint density at radius 1 is 1.12 bits per heavy atom. The van der Waals surface area contributed by atoms with Crippen LogP contribution in [0.5, 0.6) is 0 Å². The molecule has 0 bridgehead atoms. The van der Waals surface area contributed by atoms with Gasteiger partial charge in [-0.1, -0.05) is 36.7 Å². The Morgan fingerprint density at radius 2 is 1.81 bits per heavy atom. The minimum atomic E-state index is -3.56. The molecule has 32 heavy (non-hydrogen) atoms. The van der Waals surface area contributed by atoms with Crippen molar-refractivity contribution < 1.29 is 18.0 Å². The van der Waals surface area contributed by atoms with Gasteiger partial charge in [0.25, 0.3) is 5.91 Å². The second kappa shape index (κ2) is 11.3. The summed E-state index contributed by atoms with van der Waals surface area (Å²) in [5.74, 6) is -0.556. The summed E-state index contributed by atoms with van der Waals surface area (Å²) in [6.07, 6.45) is 2.31. The third kappa shape index (κ3) is 6.97. The number of sulfonamides is 1. The molecule has 2 rings (SSSR count). The lowest BCUT2D eigenvalue weighted by Crippen LogP contribution is -2.33. The van der Waals surface area contributed by atoms with Crippen molar-refractivity contribution in [3.63, 3.8) is 0 Å². The van der Waals surface area contributed by atoms with Crippen LogP contribution in [0.1, 0.15) is 49.0 Å². The lowest BCUT2D eigenvalue weighted by atomic mass is 10.1. The summed E-state index contributed by atoms with van der Waals surface area (Å²) in [4.78, 5) is 25.0. The second-order valence-corrected chi connectivity index (χ2v) is 10.0. The molecule has 7 nitrogen and oxygen atoms in total. The highest BCUT2D eigenvalue weighted by molar-refractivity contribution is 7.92. The molecule has 1 atom stereocenters. The highest BCUT2D eigenvalue weighted by Gasteiger charge is 2.21. The first-order valence-electron chi connectivity index (χ1n) is 10.5. The number of nitrogens with one attached hydrogen (secondary N) is 2. The zero-order chi connectivity index (χ0) is 23.9. The predicted molar refractivity (Wildman–Crippen MR) is 130 cm³/mol. The first kappa shape index (κ1) is 25.7. The third-order valence-corrected chi connectivity index (χ3v) is 6.70. The third-order valence-electron chi connectivity index (χ3n) is 5.11. The molecule has 0 saturated carbocycles. The molecule has 0 aliphatic heterocycles. The maximum Gasteiger partial charge on any atom is 0.253 e. The standard InChI is InChI=1S/C23H30ClN3O4S/c1-5-16(2)25-23(29)18-10-6-7-12-20(18)26-22(28)14-9-15-27(32(4,30)31)21-13-8-11-19(24)17(21)3/h6-8,10-13,16H,5,9,14-15H2,1-4H3,(H,25,29)(H,26,28)/t16-/m0/s1. The van der Waals surface area contributed by atoms with Gasteiger partial charge in [-0.15, -0.1) is 0 Å². The summed E-state index contributed by atoms with van der Waals surface area (Å²) < 4.78 is 25.9. The van der Waals surface area contributed by atoms with Crippen molar-refractivity contribution in [2.45, 2.75) is 46.1 Å². The van der Waals surface area contributed by atoms with Crippen molar-refractivity contribution in [2.75, 3.05) is 22.4 Å². The van der Waals surface area contributed by atoms with Crippen LogP contribution in [-0.2, 0) is 14.8 Å². The zero-order valence-corrected chi connectivity index (χ0v) is 20.4. The van der Waals surface area contributed by atoms with Gasteiger partial charge in [-0.05, 0) is 56.5 Å². The largest absolute Gasteiger partial charge is 0.350 e. The first-order valence-corrected chi connectivity index (χ1v) is 12.7. The monoisotopic (exact) mass is 479 g/mol. The van der Waals surface area contributed by atoms with Crippen LogP contribution in [-0.4, -0.2) is 39.1 Å². The maximum atomic E-state index is 12.5. The van der Waals surface area contributed by atoms with Gasteiger partial charge in [0.2, 0.25) is 15.9 Å². The van der Waals surface area contributed by atoms with Gasteiger partial charge in [-0.25, -0.2) is 8.42 Å². The Hall–Kier alpha value is -2.58. The fourth-order valence-corrected chi connectivity index (χ4v) is 4.31. The number of hydrogen-bond donors (Lipinski definition) is 2. The zero-order valence-electron chi connectivity index (χ0n) is 18.8. The van der Waals surface area contributed by atoms with E-state index in [0.29, 0.717) is 33.9 Å². The number of amides is 2. The van der Waals surface area contributed by atoms with Crippen LogP contribution in [0.3, 0.4) is 0 Å². The van der Waals surface area contributed by atoms with Gasteiger partial charge >= 0.3 is 0 Å². The fourth-order valence-electron chi connectivity index (χ4n) is 3.12. The normalized spacial score (nSPS) is 12.2. The Morgan fingerprint density at radius 3 is 2.47 bits per heavy atom. The summed E-state index contributed by atoms with van der Waals surface area (Å²) in [5, 5.41) is 6.13. The topological polar surface area (TPSA) is 95.6 Å². The quantitative estimate of drug-likeness (QED) is 0.529. The number of nitrogens with zero attached hydrogens (tertiary/aromatic N) is 1. The summed E-state index contributed by atoms with van der Waals surface area (Å²) in [5.41, 5.74) is 1.95. The molecule has 2 aromatic rings. The molecule has 2 amide bonds. The number of halogens is 1. The smallest absolute Gasteiger partial charge is 0.253 e. The molecule has 0 aromatic heterocycles. The predicted octanol–water partition coefficient (Wildman–Crippen LogP) is 4.36. The van der Waals surface area contributed by atoms with Gasteiger partial charge in [-0.3, -0.25) is 13.9 Å². The lowest BCUT2D eigenvalue weighted by Gasteiger charge is -2.24. The molecule has 0 spiro atoms. The summed E-state index contributed by atoms with van der Waals surface area (Å²) in [7, 11) is -3.56. The van der Waals surface area contributed by atoms with E-state index in [1.54, 1.807) is 49.4 Å². The number of carbonyl (C=O) groups excluding carboxylic acids is 2. The van der Waals surface area contributed by atoms with E-state index < -0.39 is 10.0 Å². The minimum Gasteiger partial charge on any atom is -0.350 e. The lowest BCUT2D eigenvalue weighted by molar-refractivity contribution is -0.116. The van der Waals surface area contributed by atoms with Gasteiger partial charge in [0.05, 0.1) is 23.2 Å². The maximum absolute atomic E-state index is 12.5. The van der Waals surface area contributed by atoms with Crippen LogP contribution < -0.4 is 14.9 Å². The summed E-state index contributed by atoms with van der Waals surface area (Å²) >= 11 is 6.15. The Bertz CT molecular complexity index is 1070. The van der Waals surface area contributed by atoms with Crippen LogP contribution in [0.25, 0.3) is 0 Å². The number of carbonyl (C=O) groups is 2. The van der Waals surface area contributed by atoms with Gasteiger partial charge in [-0.2, -0.15) is 0 Å². The van der Waals surface area contributed by atoms with Crippen molar-refractivity contribution in [3.05, 3.63) is 58.6 Å². The molecular formula is C23H30ClN3O4S. The summed E-state index contributed by atoms with van der Waals surface area (Å²) in [6.45, 7) is 5.77. The van der Waals surface area contributed by atoms with Crippen LogP contribution in [0.15, 0.2) is 42.5 Å². The number of anilines is 2. The molecular weight excluding hydrogens is 450 g/mol. The van der Waals surface area contributed by atoms with Gasteiger partial charge in [0.15, 0.2) is 0 Å². The molecule has 9 heteroatoms. The van der Waals surface area contributed by atoms with Gasteiger partial charge in [0, 0.05) is 24.0 Å². The van der Waals surface area contributed by atoms with E-state index >= 15 is 0 Å². The van der Waals surface area contributed by atoms with Crippen molar-refractivity contribution in [2.24, 2.45) is 0 Å². The van der Waals surface area contributed by atoms with Crippen LogP contribution >= 0.6 is 11.6 Å². The highest BCUT2D eigenvalue weighted by Crippen LogP contribution is 2.28. The second-order valence-electron chi connectivity index (χ2n) is 7.70. The Kier molecular flexibility index (Phi) is 9.09. The molecule has 0 heterocycles. The van der Waals surface area contributed by atoms with Crippen molar-refractivity contribution in [1.29, 1.82) is 0 Å². The SMILES string of the molecule is CC[C@H](C)NC(=O)c1ccccc1NC(=O)CCCN(c1cccc(Cl)c1C)S(C)(=O)=O. The average molecular weight is 480 g/mol. The van der Waals surface area contributed by atoms with Crippen LogP contribution in [0.4, 0.5) is 11.4 Å². The molecule has 2 aromatic carbocycles. The van der Waals surface area contributed by atoms with Crippen molar-refractivity contribution >= 4 is 44.8 Å². The number of rotatable bonds is 10. The molecule has 0 aliphatic rings. The molecule has 2 N–H and O–H groups in total. The van der Waals surface area contributed by atoms with E-state index in [1.807, 2.05) is 13.8 Å². The van der Waals surface area contributed by atoms with E-state index in [9.17, 15) is 18.0 Å². The fraction of sp³-hybridized carbons (Fsp3) is 0.391. The van der Waals surface area contributed by atoms with E-state index in [4.69, 9.17) is 11.6 Å². The molecule has 0 saturated heterocycles. The number of para-hydroxylation sites is 1. The van der Waals surface area contributed by atoms with Gasteiger partial charge < -0.3 is 10.6 Å². The molecule has 0 unspecified atom stereocenters. The molecule has 0 radical (unpaired) electrons. The summed E-state index contributed by atoms with van der Waals surface area (Å²) in [6, 6.07) is 11.9. The molecule has 0 aliphatic carbocycles. The van der Waals surface area contributed by atoms with Crippen molar-refractivity contribution in [3.8, 4) is 0 Å². The van der Waals surface area contributed by atoms with E-state index in [1.165, 1.54) is 4.31 Å². The number of benzene rings is 2. The molecule has 0 fully saturated rings. The Labute approximate surface area is 195 Å². The Balaban J connectivity index is 2.05. The first-order chi connectivity index (χ1) is 15.0. The van der Waals surface area contributed by atoms with E-state index in [-0.39, 0.29) is 30.8 Å². The molecule has 174 valence electrons. The van der Waals surface area contributed by atoms with E-state index in [2.05, 4.69) is 10.6 Å². The van der Waals surface area contributed by atoms with Crippen LogP contribution in [0, 0.1) is 6.92 Å². The highest BCUT2D eigenvalue weighted by atomic mass is 35.5. The van der Waals surface area contributed by atoms with Crippen molar-refractivity contribution in [1.82, 2.24) is 5.32 Å². The minimum absolute atomic E-state index is 0.0168.